The van der Waals surface area contributed by atoms with Gasteiger partial charge in [0.05, 0.1) is 12.4 Å². The number of likely N-dealkylation sites (tertiary alicyclic amines) is 1. The van der Waals surface area contributed by atoms with Gasteiger partial charge in [-0.25, -0.2) is 4.98 Å². The first-order valence-corrected chi connectivity index (χ1v) is 11.4. The van der Waals surface area contributed by atoms with Crippen LogP contribution in [0, 0.1) is 11.8 Å². The largest absolute Gasteiger partial charge is 0.372 e. The lowest BCUT2D eigenvalue weighted by atomic mass is 9.93. The smallest absolute Gasteiger partial charge is 0.193 e. The Morgan fingerprint density at radius 2 is 1.87 bits per heavy atom. The Labute approximate surface area is 181 Å². The van der Waals surface area contributed by atoms with Gasteiger partial charge < -0.3 is 19.7 Å². The quantitative estimate of drug-likeness (QED) is 0.618. The van der Waals surface area contributed by atoms with Gasteiger partial charge >= 0.3 is 0 Å². The summed E-state index contributed by atoms with van der Waals surface area (Å²) in [6.07, 6.45) is 9.64. The average Bonchev–Trinajstić information content (AvgIpc) is 3.31. The summed E-state index contributed by atoms with van der Waals surface area (Å²) in [7, 11) is 1.88. The predicted molar refractivity (Wildman–Crippen MR) is 124 cm³/mol. The van der Waals surface area contributed by atoms with E-state index < -0.39 is 0 Å². The second-order valence-electron chi connectivity index (χ2n) is 9.03. The number of benzene rings is 1. The van der Waals surface area contributed by atoms with Crippen molar-refractivity contribution >= 4 is 11.6 Å². The Kier molecular flexibility index (Phi) is 6.60. The molecule has 2 fully saturated rings. The van der Waals surface area contributed by atoms with E-state index in [9.17, 15) is 0 Å². The second-order valence-corrected chi connectivity index (χ2v) is 9.03. The number of piperidine rings is 2. The fraction of sp³-hybridized carbons (Fsp3) is 0.583. The molecule has 1 aromatic heterocycles. The summed E-state index contributed by atoms with van der Waals surface area (Å²) in [5.74, 6) is 2.49. The summed E-state index contributed by atoms with van der Waals surface area (Å²) >= 11 is 0. The maximum atomic E-state index is 4.56. The van der Waals surface area contributed by atoms with Crippen LogP contribution in [0.4, 0.5) is 5.69 Å². The van der Waals surface area contributed by atoms with Crippen molar-refractivity contribution in [3.05, 3.63) is 48.5 Å². The lowest BCUT2D eigenvalue weighted by molar-refractivity contribution is 0.189. The predicted octanol–water partition coefficient (Wildman–Crippen LogP) is 3.78. The maximum Gasteiger partial charge on any atom is 0.193 e. The zero-order valence-corrected chi connectivity index (χ0v) is 18.7. The van der Waals surface area contributed by atoms with Crippen LogP contribution in [0.15, 0.2) is 48.0 Å². The van der Waals surface area contributed by atoms with Crippen LogP contribution in [0.1, 0.15) is 44.7 Å². The van der Waals surface area contributed by atoms with Gasteiger partial charge in [0.25, 0.3) is 0 Å². The molecule has 162 valence electrons. The summed E-state index contributed by atoms with van der Waals surface area (Å²) in [4.78, 5) is 13.7. The normalized spacial score (nSPS) is 23.6. The highest BCUT2D eigenvalue weighted by Crippen LogP contribution is 2.27. The van der Waals surface area contributed by atoms with Crippen molar-refractivity contribution in [3.8, 4) is 0 Å². The molecule has 2 unspecified atom stereocenters. The van der Waals surface area contributed by atoms with Gasteiger partial charge in [0.1, 0.15) is 0 Å². The molecule has 2 aliphatic rings. The van der Waals surface area contributed by atoms with Crippen molar-refractivity contribution in [2.75, 3.05) is 38.1 Å². The number of nitrogens with zero attached hydrogens (tertiary/aromatic N) is 5. The first kappa shape index (κ1) is 20.8. The zero-order chi connectivity index (χ0) is 20.9. The van der Waals surface area contributed by atoms with Crippen LogP contribution < -0.4 is 10.2 Å². The number of anilines is 1. The minimum atomic E-state index is 0.436. The summed E-state index contributed by atoms with van der Waals surface area (Å²) in [5.41, 5.74) is 2.64. The monoisotopic (exact) mass is 408 g/mol. The van der Waals surface area contributed by atoms with Crippen molar-refractivity contribution < 1.29 is 0 Å². The summed E-state index contributed by atoms with van der Waals surface area (Å²) < 4.78 is 2.24. The van der Waals surface area contributed by atoms with Gasteiger partial charge in [-0.15, -0.1) is 0 Å². The molecule has 0 radical (unpaired) electrons. The molecule has 4 rings (SSSR count). The highest BCUT2D eigenvalue weighted by Gasteiger charge is 2.28. The second kappa shape index (κ2) is 9.54. The summed E-state index contributed by atoms with van der Waals surface area (Å²) in [6.45, 7) is 9.85. The van der Waals surface area contributed by atoms with E-state index in [1.807, 2.05) is 19.6 Å². The van der Waals surface area contributed by atoms with Gasteiger partial charge in [-0.05, 0) is 48.8 Å². The van der Waals surface area contributed by atoms with E-state index in [0.717, 1.165) is 37.9 Å². The first-order valence-electron chi connectivity index (χ1n) is 11.4. The van der Waals surface area contributed by atoms with E-state index in [0.29, 0.717) is 12.0 Å². The number of rotatable bonds is 4. The van der Waals surface area contributed by atoms with Crippen molar-refractivity contribution in [2.24, 2.45) is 16.8 Å². The van der Waals surface area contributed by atoms with Gasteiger partial charge in [0.2, 0.25) is 0 Å². The molecule has 0 amide bonds. The molecule has 0 saturated carbocycles. The van der Waals surface area contributed by atoms with Crippen LogP contribution in [0.25, 0.3) is 0 Å². The fourth-order valence-electron chi connectivity index (χ4n) is 4.70. The van der Waals surface area contributed by atoms with Crippen molar-refractivity contribution in [2.45, 2.75) is 45.7 Å². The number of guanidine groups is 1. The number of nitrogens with one attached hydrogen (secondary N) is 1. The number of aliphatic imine (C=N–C) groups is 1. The Hall–Kier alpha value is -2.50. The molecule has 30 heavy (non-hydrogen) atoms. The molecule has 0 aliphatic carbocycles. The van der Waals surface area contributed by atoms with E-state index in [-0.39, 0.29) is 0 Å². The highest BCUT2D eigenvalue weighted by molar-refractivity contribution is 5.80. The third-order valence-corrected chi connectivity index (χ3v) is 6.87. The van der Waals surface area contributed by atoms with Crippen LogP contribution >= 0.6 is 0 Å². The van der Waals surface area contributed by atoms with Crippen LogP contribution in [0.2, 0.25) is 0 Å². The van der Waals surface area contributed by atoms with Crippen LogP contribution in [0.5, 0.6) is 0 Å². The molecule has 2 atom stereocenters. The van der Waals surface area contributed by atoms with E-state index in [1.165, 1.54) is 37.2 Å². The number of hydrogen-bond donors (Lipinski definition) is 1. The molecule has 2 aliphatic heterocycles. The molecule has 3 heterocycles. The molecule has 6 nitrogen and oxygen atoms in total. The molecular formula is C24H36N6. The molecule has 2 aromatic rings. The lowest BCUT2D eigenvalue weighted by Gasteiger charge is -2.39. The van der Waals surface area contributed by atoms with E-state index in [2.05, 4.69) is 74.0 Å². The molecule has 1 N–H and O–H groups in total. The summed E-state index contributed by atoms with van der Waals surface area (Å²) in [5, 5.41) is 3.58. The van der Waals surface area contributed by atoms with Gasteiger partial charge in [0, 0.05) is 57.9 Å². The molecule has 2 saturated heterocycles. The fourth-order valence-corrected chi connectivity index (χ4v) is 4.70. The lowest BCUT2D eigenvalue weighted by Crippen LogP contribution is -2.48. The standard InChI is InChI=1S/C24H36N6/c1-19-8-12-28(13-9-19)22-6-4-21(5-7-22)16-27-24(25-3)29-14-10-20(2)23(17-29)30-15-11-26-18-30/h4-7,11,15,18-20,23H,8-10,12-14,16-17H2,1-3H3,(H,25,27). The molecule has 0 spiro atoms. The Bertz CT molecular complexity index is 805. The van der Waals surface area contributed by atoms with Crippen LogP contribution in [-0.4, -0.2) is 53.6 Å². The van der Waals surface area contributed by atoms with Gasteiger partial charge in [-0.2, -0.15) is 0 Å². The average molecular weight is 409 g/mol. The van der Waals surface area contributed by atoms with Crippen molar-refractivity contribution in [1.82, 2.24) is 19.8 Å². The zero-order valence-electron chi connectivity index (χ0n) is 18.7. The van der Waals surface area contributed by atoms with Gasteiger partial charge in [-0.3, -0.25) is 4.99 Å². The molecule has 1 aromatic carbocycles. The molecule has 6 heteroatoms. The molecule has 0 bridgehead atoms. The SMILES string of the molecule is CN=C(NCc1ccc(N2CCC(C)CC2)cc1)N1CCC(C)C(n2ccnc2)C1. The van der Waals surface area contributed by atoms with E-state index >= 15 is 0 Å². The Morgan fingerprint density at radius 3 is 2.53 bits per heavy atom. The first-order chi connectivity index (χ1) is 14.6. The number of hydrogen-bond acceptors (Lipinski definition) is 3. The van der Waals surface area contributed by atoms with E-state index in [4.69, 9.17) is 0 Å². The number of aromatic nitrogens is 2. The third-order valence-electron chi connectivity index (χ3n) is 6.87. The third kappa shape index (κ3) is 4.79. The highest BCUT2D eigenvalue weighted by atomic mass is 15.3. The number of imidazole rings is 1. The Balaban J connectivity index is 1.33. The minimum Gasteiger partial charge on any atom is -0.372 e. The van der Waals surface area contributed by atoms with Gasteiger partial charge in [0.15, 0.2) is 5.96 Å². The Morgan fingerprint density at radius 1 is 1.10 bits per heavy atom. The summed E-state index contributed by atoms with van der Waals surface area (Å²) in [6, 6.07) is 9.48. The van der Waals surface area contributed by atoms with Crippen LogP contribution in [0.3, 0.4) is 0 Å². The topological polar surface area (TPSA) is 48.7 Å². The van der Waals surface area contributed by atoms with Gasteiger partial charge in [-0.1, -0.05) is 26.0 Å². The minimum absolute atomic E-state index is 0.436. The van der Waals surface area contributed by atoms with Crippen LogP contribution in [-0.2, 0) is 6.54 Å². The van der Waals surface area contributed by atoms with E-state index in [1.54, 1.807) is 0 Å². The van der Waals surface area contributed by atoms with Crippen molar-refractivity contribution in [3.63, 3.8) is 0 Å². The van der Waals surface area contributed by atoms with Crippen molar-refractivity contribution in [1.29, 1.82) is 0 Å². The maximum absolute atomic E-state index is 4.56. The molecular weight excluding hydrogens is 372 g/mol.